The van der Waals surface area contributed by atoms with E-state index in [-0.39, 0.29) is 11.3 Å². The number of sulfonamides is 1. The average Bonchev–Trinajstić information content (AvgIpc) is 2.58. The molecular weight excluding hydrogens is 366 g/mol. The van der Waals surface area contributed by atoms with Crippen LogP contribution in [0.25, 0.3) is 0 Å². The number of benzene rings is 1. The van der Waals surface area contributed by atoms with Crippen molar-refractivity contribution in [3.8, 4) is 0 Å². The van der Waals surface area contributed by atoms with Crippen molar-refractivity contribution in [2.24, 2.45) is 0 Å². The minimum Gasteiger partial charge on any atom is -0.480 e. The van der Waals surface area contributed by atoms with Crippen molar-refractivity contribution in [2.45, 2.75) is 37.1 Å². The highest BCUT2D eigenvalue weighted by atomic mass is 32.2. The minimum atomic E-state index is -4.14. The van der Waals surface area contributed by atoms with Crippen molar-refractivity contribution in [3.63, 3.8) is 0 Å². The number of rotatable bonds is 10. The van der Waals surface area contributed by atoms with Crippen LogP contribution in [0.3, 0.4) is 0 Å². The zero-order valence-electron chi connectivity index (χ0n) is 14.4. The maximum atomic E-state index is 12.4. The Kier molecular flexibility index (Phi) is 7.65. The smallest absolute Gasteiger partial charge is 0.326 e. The number of nitrogens with one attached hydrogen (secondary N) is 1. The van der Waals surface area contributed by atoms with E-state index in [2.05, 4.69) is 5.32 Å². The number of nitro groups is 1. The van der Waals surface area contributed by atoms with Gasteiger partial charge in [0.15, 0.2) is 0 Å². The lowest BCUT2D eigenvalue weighted by Gasteiger charge is -2.19. The third-order valence-electron chi connectivity index (χ3n) is 3.58. The van der Waals surface area contributed by atoms with Gasteiger partial charge in [-0.25, -0.2) is 13.2 Å². The number of unbranched alkanes of at least 4 members (excludes halogenated alkanes) is 1. The second-order valence-corrected chi connectivity index (χ2v) is 7.66. The van der Waals surface area contributed by atoms with Crippen LogP contribution in [0.1, 0.15) is 26.2 Å². The minimum absolute atomic E-state index is 0.235. The SMILES string of the molecule is CCCCC(NC(=O)CN(C)S(=O)(=O)c1cccc([N+](=O)[O-])c1)C(=O)O. The van der Waals surface area contributed by atoms with E-state index in [0.717, 1.165) is 25.6 Å². The number of nitrogens with zero attached hydrogens (tertiary/aromatic N) is 2. The van der Waals surface area contributed by atoms with Gasteiger partial charge in [-0.1, -0.05) is 25.8 Å². The van der Waals surface area contributed by atoms with E-state index in [1.165, 1.54) is 12.1 Å². The molecule has 11 heteroatoms. The van der Waals surface area contributed by atoms with Crippen molar-refractivity contribution < 1.29 is 28.0 Å². The summed E-state index contributed by atoms with van der Waals surface area (Å²) in [5.41, 5.74) is -0.394. The zero-order chi connectivity index (χ0) is 19.9. The van der Waals surface area contributed by atoms with Gasteiger partial charge in [-0.2, -0.15) is 4.31 Å². The number of non-ortho nitro benzene ring substituents is 1. The van der Waals surface area contributed by atoms with Crippen molar-refractivity contribution in [1.29, 1.82) is 0 Å². The van der Waals surface area contributed by atoms with E-state index in [9.17, 15) is 28.1 Å². The summed E-state index contributed by atoms with van der Waals surface area (Å²) in [5, 5.41) is 22.2. The molecule has 1 rings (SSSR count). The molecule has 0 spiro atoms. The van der Waals surface area contributed by atoms with Gasteiger partial charge in [-0.05, 0) is 12.5 Å². The fourth-order valence-corrected chi connectivity index (χ4v) is 3.30. The predicted molar refractivity (Wildman–Crippen MR) is 92.0 cm³/mol. The Bertz CT molecular complexity index is 779. The molecule has 1 aromatic carbocycles. The first-order valence-corrected chi connectivity index (χ1v) is 9.26. The van der Waals surface area contributed by atoms with Gasteiger partial charge in [0, 0.05) is 19.2 Å². The molecule has 2 N–H and O–H groups in total. The topological polar surface area (TPSA) is 147 Å². The van der Waals surface area contributed by atoms with Crippen LogP contribution in [-0.2, 0) is 19.6 Å². The number of hydrogen-bond acceptors (Lipinski definition) is 6. The third kappa shape index (κ3) is 5.77. The number of amides is 1. The zero-order valence-corrected chi connectivity index (χ0v) is 15.2. The van der Waals surface area contributed by atoms with E-state index in [4.69, 9.17) is 5.11 Å². The van der Waals surface area contributed by atoms with Gasteiger partial charge in [-0.3, -0.25) is 14.9 Å². The molecule has 1 aromatic rings. The van der Waals surface area contributed by atoms with Gasteiger partial charge < -0.3 is 10.4 Å². The molecule has 0 bridgehead atoms. The van der Waals surface area contributed by atoms with Gasteiger partial charge in [0.2, 0.25) is 15.9 Å². The quantitative estimate of drug-likeness (QED) is 0.449. The number of carbonyl (C=O) groups excluding carboxylic acids is 1. The Morgan fingerprint density at radius 3 is 2.58 bits per heavy atom. The number of nitro benzene ring substituents is 1. The van der Waals surface area contributed by atoms with Crippen molar-refractivity contribution in [2.75, 3.05) is 13.6 Å². The van der Waals surface area contributed by atoms with E-state index in [1.807, 2.05) is 6.92 Å². The maximum Gasteiger partial charge on any atom is 0.326 e. The third-order valence-corrected chi connectivity index (χ3v) is 5.38. The predicted octanol–water partition coefficient (Wildman–Crippen LogP) is 0.975. The molecule has 1 atom stereocenters. The first-order valence-electron chi connectivity index (χ1n) is 7.82. The Morgan fingerprint density at radius 2 is 2.04 bits per heavy atom. The molecule has 0 saturated heterocycles. The van der Waals surface area contributed by atoms with E-state index in [1.54, 1.807) is 0 Å². The highest BCUT2D eigenvalue weighted by molar-refractivity contribution is 7.89. The van der Waals surface area contributed by atoms with Crippen LogP contribution in [0.4, 0.5) is 5.69 Å². The maximum absolute atomic E-state index is 12.4. The molecule has 10 nitrogen and oxygen atoms in total. The number of carboxylic acids is 1. The molecular formula is C15H21N3O7S. The van der Waals surface area contributed by atoms with Gasteiger partial charge in [0.25, 0.3) is 5.69 Å². The Hall–Kier alpha value is -2.53. The summed E-state index contributed by atoms with van der Waals surface area (Å²) in [5.74, 6) is -1.97. The summed E-state index contributed by atoms with van der Waals surface area (Å²) in [7, 11) is -3.01. The summed E-state index contributed by atoms with van der Waals surface area (Å²) < 4.78 is 25.6. The van der Waals surface area contributed by atoms with Crippen LogP contribution in [0.2, 0.25) is 0 Å². The van der Waals surface area contributed by atoms with Gasteiger partial charge in [0.05, 0.1) is 16.4 Å². The normalized spacial score (nSPS) is 12.6. The largest absolute Gasteiger partial charge is 0.480 e. The lowest BCUT2D eigenvalue weighted by Crippen LogP contribution is -2.45. The number of likely N-dealkylation sites (N-methyl/N-ethyl adjacent to an activating group) is 1. The monoisotopic (exact) mass is 387 g/mol. The number of carboxylic acid groups (broad SMARTS) is 1. The molecule has 0 aromatic heterocycles. The fraction of sp³-hybridized carbons (Fsp3) is 0.467. The Balaban J connectivity index is 2.86. The van der Waals surface area contributed by atoms with Gasteiger partial charge >= 0.3 is 5.97 Å². The van der Waals surface area contributed by atoms with Crippen molar-refractivity contribution in [3.05, 3.63) is 34.4 Å². The molecule has 0 heterocycles. The van der Waals surface area contributed by atoms with E-state index >= 15 is 0 Å². The molecule has 0 aliphatic heterocycles. The first-order chi connectivity index (χ1) is 12.1. The summed E-state index contributed by atoms with van der Waals surface area (Å²) in [6, 6.07) is 3.35. The molecule has 0 radical (unpaired) electrons. The van der Waals surface area contributed by atoms with Crippen LogP contribution in [0.15, 0.2) is 29.2 Å². The summed E-state index contributed by atoms with van der Waals surface area (Å²) >= 11 is 0. The Morgan fingerprint density at radius 1 is 1.38 bits per heavy atom. The molecule has 0 aliphatic carbocycles. The number of carbonyl (C=O) groups is 2. The number of aliphatic carboxylic acids is 1. The number of hydrogen-bond donors (Lipinski definition) is 2. The van der Waals surface area contributed by atoms with Crippen molar-refractivity contribution in [1.82, 2.24) is 9.62 Å². The molecule has 1 unspecified atom stereocenters. The van der Waals surface area contributed by atoms with Crippen LogP contribution in [0.5, 0.6) is 0 Å². The second kappa shape index (κ2) is 9.25. The lowest BCUT2D eigenvalue weighted by molar-refractivity contribution is -0.385. The standard InChI is InChI=1S/C15H21N3O7S/c1-3-4-8-13(15(20)21)16-14(19)10-17(2)26(24,25)12-7-5-6-11(9-12)18(22)23/h5-7,9,13H,3-4,8,10H2,1-2H3,(H,16,19)(H,20,21). The van der Waals surface area contributed by atoms with Crippen LogP contribution < -0.4 is 5.32 Å². The van der Waals surface area contributed by atoms with Crippen LogP contribution in [0, 0.1) is 10.1 Å². The summed E-state index contributed by atoms with van der Waals surface area (Å²) in [4.78, 5) is 32.9. The van der Waals surface area contributed by atoms with E-state index < -0.39 is 45.1 Å². The van der Waals surface area contributed by atoms with Gasteiger partial charge in [0.1, 0.15) is 6.04 Å². The van der Waals surface area contributed by atoms with E-state index in [0.29, 0.717) is 10.7 Å². The van der Waals surface area contributed by atoms with Crippen LogP contribution >= 0.6 is 0 Å². The fourth-order valence-electron chi connectivity index (χ4n) is 2.13. The van der Waals surface area contributed by atoms with Crippen LogP contribution in [-0.4, -0.2) is 54.3 Å². The molecule has 0 fully saturated rings. The van der Waals surface area contributed by atoms with Gasteiger partial charge in [-0.15, -0.1) is 0 Å². The lowest BCUT2D eigenvalue weighted by atomic mass is 10.1. The first kappa shape index (κ1) is 21.5. The highest BCUT2D eigenvalue weighted by Crippen LogP contribution is 2.20. The molecule has 144 valence electrons. The molecule has 1 amide bonds. The second-order valence-electron chi connectivity index (χ2n) is 5.62. The molecule has 0 aliphatic rings. The summed E-state index contributed by atoms with van der Waals surface area (Å²) in [6.07, 6.45) is 1.58. The Labute approximate surface area is 151 Å². The molecule has 0 saturated carbocycles. The highest BCUT2D eigenvalue weighted by Gasteiger charge is 2.26. The summed E-state index contributed by atoms with van der Waals surface area (Å²) in [6.45, 7) is 1.26. The average molecular weight is 387 g/mol. The van der Waals surface area contributed by atoms with Crippen molar-refractivity contribution >= 4 is 27.6 Å². The molecule has 26 heavy (non-hydrogen) atoms.